The van der Waals surface area contributed by atoms with Gasteiger partial charge in [0.15, 0.2) is 0 Å². The van der Waals surface area contributed by atoms with Gasteiger partial charge in [0.1, 0.15) is 0 Å². The van der Waals surface area contributed by atoms with Crippen molar-refractivity contribution in [3.63, 3.8) is 0 Å². The number of rotatable bonds is 5. The predicted octanol–water partition coefficient (Wildman–Crippen LogP) is 6.81. The summed E-state index contributed by atoms with van der Waals surface area (Å²) in [6.07, 6.45) is -5.16. The van der Waals surface area contributed by atoms with Crippen LogP contribution in [0.3, 0.4) is 0 Å². The van der Waals surface area contributed by atoms with Gasteiger partial charge in [0.2, 0.25) is 5.91 Å². The number of fused-ring (bicyclic) bond motifs is 1. The van der Waals surface area contributed by atoms with Gasteiger partial charge in [-0.2, -0.15) is 26.3 Å². The molecule has 218 valence electrons. The van der Waals surface area contributed by atoms with Crippen LogP contribution in [-0.4, -0.2) is 52.3 Å². The van der Waals surface area contributed by atoms with Crippen LogP contribution < -0.4 is 0 Å². The van der Waals surface area contributed by atoms with Gasteiger partial charge in [0.25, 0.3) is 5.91 Å². The molecule has 1 aliphatic rings. The number of benzene rings is 3. The molecular weight excluding hydrogens is 560 g/mol. The summed E-state index contributed by atoms with van der Waals surface area (Å²) in [6, 6.07) is 16.7. The molecule has 0 aliphatic carbocycles. The Bertz CT molecular complexity index is 1590. The van der Waals surface area contributed by atoms with Crippen LogP contribution in [0.1, 0.15) is 32.6 Å². The molecule has 1 N–H and O–H groups in total. The molecule has 1 fully saturated rings. The number of H-pyrrole nitrogens is 1. The fourth-order valence-electron chi connectivity index (χ4n) is 5.13. The second kappa shape index (κ2) is 11.4. The molecule has 2 heterocycles. The minimum Gasteiger partial charge on any atom is -0.361 e. The van der Waals surface area contributed by atoms with E-state index in [1.54, 1.807) is 12.3 Å². The average molecular weight is 586 g/mol. The predicted molar refractivity (Wildman–Crippen MR) is 145 cm³/mol. The molecule has 2 amide bonds. The average Bonchev–Trinajstić information content (AvgIpc) is 3.37. The van der Waals surface area contributed by atoms with Gasteiger partial charge in [-0.25, -0.2) is 0 Å². The second-order valence-corrected chi connectivity index (χ2v) is 10.0. The molecule has 11 heteroatoms. The van der Waals surface area contributed by atoms with Gasteiger partial charge in [0, 0.05) is 48.4 Å². The third-order valence-electron chi connectivity index (χ3n) is 7.24. The Kier molecular flexibility index (Phi) is 7.85. The van der Waals surface area contributed by atoms with E-state index in [-0.39, 0.29) is 38.0 Å². The van der Waals surface area contributed by atoms with E-state index in [0.29, 0.717) is 12.1 Å². The van der Waals surface area contributed by atoms with Crippen molar-refractivity contribution in [3.8, 4) is 0 Å². The number of halogens is 6. The SMILES string of the molecule is O=C(C=Cc1ccccc1)N1CCN(C(=O)c2cc(C(F)(F)F)cc(C(F)(F)F)c2)[C@H](Cc2c[nH]c3ccccc23)C1. The maximum atomic E-state index is 13.6. The minimum absolute atomic E-state index is 0.00409. The van der Waals surface area contributed by atoms with Gasteiger partial charge >= 0.3 is 12.4 Å². The summed E-state index contributed by atoms with van der Waals surface area (Å²) in [4.78, 5) is 32.6. The highest BCUT2D eigenvalue weighted by Gasteiger charge is 2.39. The summed E-state index contributed by atoms with van der Waals surface area (Å²) in [7, 11) is 0. The number of aromatic amines is 1. The molecule has 0 unspecified atom stereocenters. The van der Waals surface area contributed by atoms with Crippen molar-refractivity contribution >= 4 is 28.8 Å². The number of nitrogens with one attached hydrogen (secondary N) is 1. The molecule has 0 bridgehead atoms. The van der Waals surface area contributed by atoms with Crippen molar-refractivity contribution in [2.24, 2.45) is 0 Å². The Morgan fingerprint density at radius 3 is 2.17 bits per heavy atom. The van der Waals surface area contributed by atoms with Gasteiger partial charge in [0.05, 0.1) is 17.2 Å². The maximum Gasteiger partial charge on any atom is 0.416 e. The van der Waals surface area contributed by atoms with Crippen molar-refractivity contribution in [3.05, 3.63) is 113 Å². The molecule has 1 atom stereocenters. The fourth-order valence-corrected chi connectivity index (χ4v) is 5.13. The lowest BCUT2D eigenvalue weighted by Crippen LogP contribution is -2.57. The molecule has 0 spiro atoms. The first-order valence-corrected chi connectivity index (χ1v) is 13.1. The van der Waals surface area contributed by atoms with Crippen molar-refractivity contribution in [2.45, 2.75) is 24.8 Å². The lowest BCUT2D eigenvalue weighted by atomic mass is 9.98. The molecule has 0 saturated carbocycles. The molecule has 5 nitrogen and oxygen atoms in total. The van der Waals surface area contributed by atoms with E-state index >= 15 is 0 Å². The summed E-state index contributed by atoms with van der Waals surface area (Å²) in [5.41, 5.74) is -1.41. The Morgan fingerprint density at radius 1 is 0.857 bits per heavy atom. The topological polar surface area (TPSA) is 56.4 Å². The van der Waals surface area contributed by atoms with Gasteiger partial charge in [-0.05, 0) is 47.9 Å². The number of carbonyl (C=O) groups is 2. The third kappa shape index (κ3) is 6.35. The number of para-hydroxylation sites is 1. The Hall–Kier alpha value is -4.54. The first-order chi connectivity index (χ1) is 19.9. The summed E-state index contributed by atoms with van der Waals surface area (Å²) in [5.74, 6) is -1.29. The van der Waals surface area contributed by atoms with E-state index in [9.17, 15) is 35.9 Å². The number of alkyl halides is 6. The highest BCUT2D eigenvalue weighted by molar-refractivity contribution is 5.96. The highest BCUT2D eigenvalue weighted by Crippen LogP contribution is 2.37. The van der Waals surface area contributed by atoms with Gasteiger partial charge in [-0.3, -0.25) is 9.59 Å². The maximum absolute atomic E-state index is 13.6. The number of carbonyl (C=O) groups excluding carboxylic acids is 2. The van der Waals surface area contributed by atoms with Crippen LogP contribution in [0.25, 0.3) is 17.0 Å². The van der Waals surface area contributed by atoms with E-state index in [2.05, 4.69) is 4.98 Å². The molecule has 4 aromatic rings. The van der Waals surface area contributed by atoms with E-state index in [0.717, 1.165) is 22.0 Å². The molecule has 0 radical (unpaired) electrons. The second-order valence-electron chi connectivity index (χ2n) is 10.0. The lowest BCUT2D eigenvalue weighted by Gasteiger charge is -2.41. The zero-order chi connectivity index (χ0) is 30.1. The zero-order valence-electron chi connectivity index (χ0n) is 22.0. The first-order valence-electron chi connectivity index (χ1n) is 13.1. The molecule has 1 aromatic heterocycles. The normalized spacial score (nSPS) is 16.4. The van der Waals surface area contributed by atoms with Crippen LogP contribution in [0.15, 0.2) is 85.1 Å². The smallest absolute Gasteiger partial charge is 0.361 e. The first kappa shape index (κ1) is 29.0. The van der Waals surface area contributed by atoms with Crippen LogP contribution in [0.5, 0.6) is 0 Å². The van der Waals surface area contributed by atoms with Crippen LogP contribution in [0.4, 0.5) is 26.3 Å². The van der Waals surface area contributed by atoms with Crippen molar-refractivity contribution in [1.82, 2.24) is 14.8 Å². The highest BCUT2D eigenvalue weighted by atomic mass is 19.4. The standard InChI is InChI=1S/C31H25F6N3O2/c32-30(33,34)23-14-21(15-24(17-23)31(35,36)37)29(42)40-13-12-39(28(41)11-10-20-6-2-1-3-7-20)19-25(40)16-22-18-38-27-9-5-4-8-26(22)27/h1-11,14-15,17-18,25,38H,12-13,16,19H2/t25-/m1/s1. The summed E-state index contributed by atoms with van der Waals surface area (Å²) in [5, 5.41) is 0.857. The fraction of sp³-hybridized carbons (Fsp3) is 0.226. The van der Waals surface area contributed by atoms with E-state index in [1.807, 2.05) is 54.6 Å². The number of aromatic nitrogens is 1. The summed E-state index contributed by atoms with van der Waals surface area (Å²) < 4.78 is 81.0. The monoisotopic (exact) mass is 585 g/mol. The minimum atomic E-state index is -5.09. The van der Waals surface area contributed by atoms with E-state index in [4.69, 9.17) is 0 Å². The van der Waals surface area contributed by atoms with Crippen molar-refractivity contribution in [1.29, 1.82) is 0 Å². The van der Waals surface area contributed by atoms with Gasteiger partial charge < -0.3 is 14.8 Å². The number of piperazine rings is 1. The van der Waals surface area contributed by atoms with Crippen LogP contribution >= 0.6 is 0 Å². The largest absolute Gasteiger partial charge is 0.416 e. The van der Waals surface area contributed by atoms with Gasteiger partial charge in [-0.1, -0.05) is 48.5 Å². The van der Waals surface area contributed by atoms with E-state index in [1.165, 1.54) is 15.9 Å². The molecule has 1 aliphatic heterocycles. The van der Waals surface area contributed by atoms with Gasteiger partial charge in [-0.15, -0.1) is 0 Å². The molecule has 42 heavy (non-hydrogen) atoms. The molecule has 5 rings (SSSR count). The zero-order valence-corrected chi connectivity index (χ0v) is 22.0. The summed E-state index contributed by atoms with van der Waals surface area (Å²) in [6.45, 7) is 0.0157. The third-order valence-corrected chi connectivity index (χ3v) is 7.24. The number of amides is 2. The number of hydrogen-bond donors (Lipinski definition) is 1. The van der Waals surface area contributed by atoms with Crippen molar-refractivity contribution < 1.29 is 35.9 Å². The molecule has 1 saturated heterocycles. The molecular formula is C31H25F6N3O2. The van der Waals surface area contributed by atoms with E-state index < -0.39 is 41.0 Å². The van der Waals surface area contributed by atoms with Crippen LogP contribution in [-0.2, 0) is 23.6 Å². The quantitative estimate of drug-likeness (QED) is 0.207. The number of hydrogen-bond acceptors (Lipinski definition) is 2. The molecule has 3 aromatic carbocycles. The lowest BCUT2D eigenvalue weighted by molar-refractivity contribution is -0.143. The Balaban J connectivity index is 1.47. The Labute approximate surface area is 237 Å². The van der Waals surface area contributed by atoms with Crippen LogP contribution in [0, 0.1) is 0 Å². The summed E-state index contributed by atoms with van der Waals surface area (Å²) >= 11 is 0. The van der Waals surface area contributed by atoms with Crippen molar-refractivity contribution in [2.75, 3.05) is 19.6 Å². The number of nitrogens with zero attached hydrogens (tertiary/aromatic N) is 2. The van der Waals surface area contributed by atoms with Crippen LogP contribution in [0.2, 0.25) is 0 Å². The Morgan fingerprint density at radius 2 is 1.50 bits per heavy atom.